The molecule has 0 saturated heterocycles. The summed E-state index contributed by atoms with van der Waals surface area (Å²) in [6.45, 7) is 0. The van der Waals surface area contributed by atoms with E-state index in [1.165, 1.54) is 33.5 Å². The topological polar surface area (TPSA) is 135 Å². The van der Waals surface area contributed by atoms with Crippen molar-refractivity contribution < 1.29 is 43.1 Å². The molecule has 0 spiro atoms. The summed E-state index contributed by atoms with van der Waals surface area (Å²) in [5.74, 6) is 0.342. The van der Waals surface area contributed by atoms with E-state index in [9.17, 15) is 15.3 Å². The second-order valence-corrected chi connectivity index (χ2v) is 16.5. The molecule has 1 atom stereocenters. The molecule has 1 aliphatic rings. The molecule has 7 rings (SSSR count). The summed E-state index contributed by atoms with van der Waals surface area (Å²) in [7, 11) is -8.04. The first-order chi connectivity index (χ1) is 24.9. The quantitative estimate of drug-likeness (QED) is 0.103. The van der Waals surface area contributed by atoms with Crippen LogP contribution in [0.25, 0.3) is 0 Å². The average molecular weight is 742 g/mol. The Morgan fingerprint density at radius 3 is 1.27 bits per heavy atom. The third-order valence-corrected chi connectivity index (χ3v) is 14.1. The van der Waals surface area contributed by atoms with Crippen molar-refractivity contribution in [3.05, 3.63) is 164 Å². The van der Waals surface area contributed by atoms with Gasteiger partial charge in [0.15, 0.2) is 0 Å². The minimum atomic E-state index is -5.49. The zero-order chi connectivity index (χ0) is 35.1. The van der Waals surface area contributed by atoms with Crippen molar-refractivity contribution in [2.75, 3.05) is 0 Å². The average Bonchev–Trinajstić information content (AvgIpc) is 3.15. The van der Waals surface area contributed by atoms with Gasteiger partial charge in [-0.15, -0.1) is 0 Å². The summed E-state index contributed by atoms with van der Waals surface area (Å²) in [6, 6.07) is 45.3. The van der Waals surface area contributed by atoms with Crippen LogP contribution < -0.4 is 27.8 Å². The Bertz CT molecular complexity index is 2010. The third-order valence-electron chi connectivity index (χ3n) is 7.00. The fourth-order valence-electron chi connectivity index (χ4n) is 4.66. The second kappa shape index (κ2) is 14.7. The van der Waals surface area contributed by atoms with Crippen molar-refractivity contribution in [3.63, 3.8) is 0 Å². The van der Waals surface area contributed by atoms with Gasteiger partial charge in [-0.05, 0) is 0 Å². The standard InChI is InChI=1S/C36H30N3O9P3/c40-31-22-10-13-25-34(31)43-38-49-37-51(46-28-16-4-1-5-17-28,47-29-18-6-2-7-19-29,48-30-20-8-3-9-21-30)39(44-35-26-14-11-23-32(35)41)50(38)45-36-27-15-12-24-33(36)42/h1-27,40-42H. The van der Waals surface area contributed by atoms with Crippen molar-refractivity contribution >= 4 is 24.6 Å². The molecule has 0 fully saturated rings. The van der Waals surface area contributed by atoms with Crippen molar-refractivity contribution in [2.24, 2.45) is 4.52 Å². The number of hydrogen-bond acceptors (Lipinski definition) is 12. The Morgan fingerprint density at radius 2 is 0.843 bits per heavy atom. The molecular formula is C36H30N3O9P3. The molecule has 258 valence electrons. The monoisotopic (exact) mass is 741 g/mol. The van der Waals surface area contributed by atoms with Crippen LogP contribution in [-0.4, -0.2) is 24.5 Å². The van der Waals surface area contributed by atoms with Crippen molar-refractivity contribution in [1.82, 2.24) is 9.21 Å². The second-order valence-electron chi connectivity index (χ2n) is 10.6. The maximum atomic E-state index is 11.1. The molecule has 1 aliphatic heterocycles. The molecule has 0 saturated carbocycles. The van der Waals surface area contributed by atoms with Crippen LogP contribution in [0.4, 0.5) is 0 Å². The molecule has 3 N–H and O–H groups in total. The number of nitrogens with zero attached hydrogens (tertiary/aromatic N) is 3. The number of phenols is 3. The normalized spacial score (nSPS) is 17.6. The summed E-state index contributed by atoms with van der Waals surface area (Å²) in [5, 5.41) is 32.8. The molecule has 0 aliphatic carbocycles. The van der Waals surface area contributed by atoms with E-state index in [1.807, 2.05) is 18.2 Å². The van der Waals surface area contributed by atoms with Crippen LogP contribution >= 0.6 is 24.6 Å². The van der Waals surface area contributed by atoms with Gasteiger partial charge in [-0.1, -0.05) is 0 Å². The van der Waals surface area contributed by atoms with Crippen LogP contribution in [0.2, 0.25) is 0 Å². The summed E-state index contributed by atoms with van der Waals surface area (Å²) in [6.07, 6.45) is 0. The van der Waals surface area contributed by atoms with Gasteiger partial charge in [0, 0.05) is 0 Å². The van der Waals surface area contributed by atoms with E-state index < -0.39 is 16.0 Å². The molecule has 51 heavy (non-hydrogen) atoms. The predicted molar refractivity (Wildman–Crippen MR) is 194 cm³/mol. The van der Waals surface area contributed by atoms with Crippen LogP contribution in [0.5, 0.6) is 51.7 Å². The van der Waals surface area contributed by atoms with Gasteiger partial charge < -0.3 is 0 Å². The van der Waals surface area contributed by atoms with E-state index in [0.717, 1.165) is 0 Å². The molecule has 12 nitrogen and oxygen atoms in total. The molecule has 15 heteroatoms. The van der Waals surface area contributed by atoms with Crippen molar-refractivity contribution in [2.45, 2.75) is 0 Å². The first-order valence-corrected chi connectivity index (χ1v) is 19.3. The molecule has 1 unspecified atom stereocenters. The van der Waals surface area contributed by atoms with Crippen LogP contribution in [0.3, 0.4) is 0 Å². The number of benzene rings is 6. The van der Waals surface area contributed by atoms with E-state index in [-0.39, 0.29) is 43.0 Å². The van der Waals surface area contributed by atoms with E-state index in [0.29, 0.717) is 17.2 Å². The van der Waals surface area contributed by atoms with Crippen LogP contribution in [0, 0.1) is 0 Å². The molecule has 0 amide bonds. The fraction of sp³-hybridized carbons (Fsp3) is 0. The van der Waals surface area contributed by atoms with Gasteiger partial charge >= 0.3 is 297 Å². The molecule has 0 aromatic heterocycles. The Hall–Kier alpha value is -5.60. The van der Waals surface area contributed by atoms with Crippen LogP contribution in [0.15, 0.2) is 168 Å². The summed E-state index contributed by atoms with van der Waals surface area (Å²) < 4.78 is 35.0. The van der Waals surface area contributed by atoms with Crippen molar-refractivity contribution in [1.29, 1.82) is 0 Å². The van der Waals surface area contributed by atoms with Gasteiger partial charge in [-0.25, -0.2) is 0 Å². The van der Waals surface area contributed by atoms with E-state index in [1.54, 1.807) is 121 Å². The number of rotatable bonds is 12. The molecule has 0 bridgehead atoms. The van der Waals surface area contributed by atoms with E-state index in [4.69, 9.17) is 32.3 Å². The molecule has 1 heterocycles. The van der Waals surface area contributed by atoms with Gasteiger partial charge in [0.05, 0.1) is 0 Å². The third kappa shape index (κ3) is 7.32. The van der Waals surface area contributed by atoms with Gasteiger partial charge in [0.2, 0.25) is 0 Å². The van der Waals surface area contributed by atoms with E-state index in [2.05, 4.69) is 0 Å². The Labute approximate surface area is 296 Å². The first-order valence-electron chi connectivity index (χ1n) is 15.4. The summed E-state index contributed by atoms with van der Waals surface area (Å²) >= 11 is 0. The Balaban J connectivity index is 1.53. The van der Waals surface area contributed by atoms with Gasteiger partial charge in [-0.3, -0.25) is 0 Å². The molecule has 6 aromatic rings. The number of aromatic hydroxyl groups is 3. The summed E-state index contributed by atoms with van der Waals surface area (Å²) in [5.41, 5.74) is 0. The first kappa shape index (κ1) is 33.9. The number of para-hydroxylation sites is 9. The molecule has 0 radical (unpaired) electrons. The SMILES string of the molecule is Oc1ccccc1ON1P=NP(Oc2ccccc2)(Oc2ccccc2)(Oc2ccccc2)N(Oc2ccccc2O)P1Oc1ccccc1O. The predicted octanol–water partition coefficient (Wildman–Crippen LogP) is 10.4. The number of phenolic OH excluding ortho intramolecular Hbond substituents is 3. The van der Waals surface area contributed by atoms with Crippen molar-refractivity contribution in [3.8, 4) is 51.7 Å². The van der Waals surface area contributed by atoms with Crippen LogP contribution in [-0.2, 0) is 0 Å². The molecule has 6 aromatic carbocycles. The fourth-order valence-corrected chi connectivity index (χ4v) is 12.3. The zero-order valence-electron chi connectivity index (χ0n) is 26.6. The minimum absolute atomic E-state index is 0.0195. The Kier molecular flexibility index (Phi) is 9.77. The maximum absolute atomic E-state index is 11.1. The Morgan fingerprint density at radius 1 is 0.471 bits per heavy atom. The van der Waals surface area contributed by atoms with Gasteiger partial charge in [0.25, 0.3) is 0 Å². The number of hydrogen-bond donors (Lipinski definition) is 3. The van der Waals surface area contributed by atoms with Gasteiger partial charge in [-0.2, -0.15) is 0 Å². The van der Waals surface area contributed by atoms with E-state index >= 15 is 0 Å². The zero-order valence-corrected chi connectivity index (χ0v) is 29.2. The molecular weight excluding hydrogens is 711 g/mol. The summed E-state index contributed by atoms with van der Waals surface area (Å²) in [4.78, 5) is 12.9. The van der Waals surface area contributed by atoms with Gasteiger partial charge in [0.1, 0.15) is 0 Å². The van der Waals surface area contributed by atoms with Crippen LogP contribution in [0.1, 0.15) is 0 Å².